The molecule has 0 heterocycles. The molecule has 0 aromatic heterocycles. The molecule has 1 amide bonds. The number of carbonyl (C=O) groups is 2. The van der Waals surface area contributed by atoms with Gasteiger partial charge in [0.2, 0.25) is 0 Å². The Balaban J connectivity index is 1.89. The summed E-state index contributed by atoms with van der Waals surface area (Å²) in [6.07, 6.45) is 1.58. The molecule has 0 saturated heterocycles. The molecule has 1 aromatic carbocycles. The molecule has 0 radical (unpaired) electrons. The summed E-state index contributed by atoms with van der Waals surface area (Å²) in [5.74, 6) is 0.853. The number of nitrogens with one attached hydrogen (secondary N) is 1. The van der Waals surface area contributed by atoms with Crippen LogP contribution >= 0.6 is 15.9 Å². The van der Waals surface area contributed by atoms with E-state index in [2.05, 4.69) is 40.3 Å². The Morgan fingerprint density at radius 1 is 1.36 bits per heavy atom. The topological polar surface area (TPSA) is 67.8 Å². The second-order valence-electron chi connectivity index (χ2n) is 7.58. The van der Waals surface area contributed by atoms with Gasteiger partial charge in [0, 0.05) is 18.6 Å². The summed E-state index contributed by atoms with van der Waals surface area (Å²) in [5.41, 5.74) is 4.30. The number of hydrogen-bond acceptors (Lipinski definition) is 4. The molecule has 0 bridgehead atoms. The fraction of sp³-hybridized carbons (Fsp3) is 0.526. The SMILES string of the molecule is CC(C)c1ccc(OCC(=O)NN=C2CC(=O)CC(C)(C)C2)c(Br)c1. The van der Waals surface area contributed by atoms with Gasteiger partial charge in [-0.05, 0) is 51.4 Å². The number of benzene rings is 1. The quantitative estimate of drug-likeness (QED) is 0.742. The minimum Gasteiger partial charge on any atom is -0.483 e. The Hall–Kier alpha value is -1.69. The lowest BCUT2D eigenvalue weighted by molar-refractivity contribution is -0.123. The van der Waals surface area contributed by atoms with Gasteiger partial charge in [-0.3, -0.25) is 9.59 Å². The molecule has 1 aromatic rings. The summed E-state index contributed by atoms with van der Waals surface area (Å²) < 4.78 is 6.36. The Labute approximate surface area is 157 Å². The average molecular weight is 409 g/mol. The third kappa shape index (κ3) is 5.96. The van der Waals surface area contributed by atoms with Crippen LogP contribution in [-0.2, 0) is 9.59 Å². The van der Waals surface area contributed by atoms with Gasteiger partial charge in [-0.25, -0.2) is 5.43 Å². The maximum absolute atomic E-state index is 11.9. The highest BCUT2D eigenvalue weighted by Gasteiger charge is 2.30. The smallest absolute Gasteiger partial charge is 0.277 e. The fourth-order valence-electron chi connectivity index (χ4n) is 2.89. The van der Waals surface area contributed by atoms with Gasteiger partial charge in [0.15, 0.2) is 6.61 Å². The third-order valence-electron chi connectivity index (χ3n) is 4.08. The molecule has 6 heteroatoms. The number of ketones is 1. The van der Waals surface area contributed by atoms with Gasteiger partial charge in [0.05, 0.1) is 4.47 Å². The van der Waals surface area contributed by atoms with Crippen LogP contribution in [0.15, 0.2) is 27.8 Å². The molecule has 136 valence electrons. The number of hydrogen-bond donors (Lipinski definition) is 1. The molecule has 0 spiro atoms. The fourth-order valence-corrected chi connectivity index (χ4v) is 3.40. The van der Waals surface area contributed by atoms with Crippen molar-refractivity contribution in [1.82, 2.24) is 5.43 Å². The molecule has 25 heavy (non-hydrogen) atoms. The van der Waals surface area contributed by atoms with Crippen LogP contribution in [0, 0.1) is 5.41 Å². The normalized spacial score (nSPS) is 18.5. The summed E-state index contributed by atoms with van der Waals surface area (Å²) in [6.45, 7) is 8.16. The molecule has 0 unspecified atom stereocenters. The van der Waals surface area contributed by atoms with Crippen LogP contribution in [0.25, 0.3) is 0 Å². The van der Waals surface area contributed by atoms with Crippen LogP contribution < -0.4 is 10.2 Å². The highest BCUT2D eigenvalue weighted by atomic mass is 79.9. The van der Waals surface area contributed by atoms with Gasteiger partial charge < -0.3 is 4.74 Å². The van der Waals surface area contributed by atoms with Gasteiger partial charge in [-0.2, -0.15) is 5.10 Å². The predicted molar refractivity (Wildman–Crippen MR) is 102 cm³/mol. The average Bonchev–Trinajstić information content (AvgIpc) is 2.49. The Kier molecular flexibility index (Phi) is 6.38. The first-order chi connectivity index (χ1) is 11.7. The first kappa shape index (κ1) is 19.6. The van der Waals surface area contributed by atoms with E-state index in [-0.39, 0.29) is 23.7 Å². The van der Waals surface area contributed by atoms with E-state index in [0.29, 0.717) is 30.9 Å². The zero-order chi connectivity index (χ0) is 18.6. The van der Waals surface area contributed by atoms with Crippen LogP contribution in [-0.4, -0.2) is 24.0 Å². The van der Waals surface area contributed by atoms with Crippen LogP contribution in [0.2, 0.25) is 0 Å². The first-order valence-corrected chi connectivity index (χ1v) is 9.24. The van der Waals surface area contributed by atoms with Crippen molar-refractivity contribution in [3.05, 3.63) is 28.2 Å². The molecule has 1 fully saturated rings. The highest BCUT2D eigenvalue weighted by molar-refractivity contribution is 9.10. The van der Waals surface area contributed by atoms with Crippen molar-refractivity contribution in [3.63, 3.8) is 0 Å². The van der Waals surface area contributed by atoms with Crippen molar-refractivity contribution < 1.29 is 14.3 Å². The number of ether oxygens (including phenoxy) is 1. The maximum atomic E-state index is 11.9. The van der Waals surface area contributed by atoms with Gasteiger partial charge >= 0.3 is 0 Å². The number of rotatable bonds is 5. The molecular formula is C19H25BrN2O3. The second-order valence-corrected chi connectivity index (χ2v) is 8.43. The van der Waals surface area contributed by atoms with Crippen LogP contribution in [0.3, 0.4) is 0 Å². The summed E-state index contributed by atoms with van der Waals surface area (Å²) in [4.78, 5) is 23.7. The summed E-state index contributed by atoms with van der Waals surface area (Å²) >= 11 is 3.46. The molecule has 2 rings (SSSR count). The van der Waals surface area contributed by atoms with Gasteiger partial charge in [0.1, 0.15) is 11.5 Å². The van der Waals surface area contributed by atoms with E-state index in [1.165, 1.54) is 5.56 Å². The summed E-state index contributed by atoms with van der Waals surface area (Å²) in [6, 6.07) is 5.83. The highest BCUT2D eigenvalue weighted by Crippen LogP contribution is 2.31. The number of halogens is 1. The lowest BCUT2D eigenvalue weighted by atomic mass is 9.76. The molecule has 1 saturated carbocycles. The van der Waals surface area contributed by atoms with Crippen molar-refractivity contribution in [2.45, 2.75) is 52.9 Å². The zero-order valence-corrected chi connectivity index (χ0v) is 16.8. The number of nitrogens with zero attached hydrogens (tertiary/aromatic N) is 1. The number of carbonyl (C=O) groups excluding carboxylic acids is 2. The van der Waals surface area contributed by atoms with Crippen molar-refractivity contribution in [2.75, 3.05) is 6.61 Å². The molecular weight excluding hydrogens is 384 g/mol. The number of amides is 1. The predicted octanol–water partition coefficient (Wildman–Crippen LogP) is 4.20. The van der Waals surface area contributed by atoms with Gasteiger partial charge in [0.25, 0.3) is 5.91 Å². The minimum atomic E-state index is -0.344. The van der Waals surface area contributed by atoms with E-state index in [1.54, 1.807) is 0 Å². The zero-order valence-electron chi connectivity index (χ0n) is 15.2. The molecule has 1 aliphatic carbocycles. The second kappa shape index (κ2) is 8.13. The Morgan fingerprint density at radius 2 is 2.08 bits per heavy atom. The van der Waals surface area contributed by atoms with Crippen molar-refractivity contribution in [2.24, 2.45) is 10.5 Å². The number of hydrazone groups is 1. The van der Waals surface area contributed by atoms with E-state index < -0.39 is 0 Å². The van der Waals surface area contributed by atoms with E-state index >= 15 is 0 Å². The van der Waals surface area contributed by atoms with E-state index in [9.17, 15) is 9.59 Å². The van der Waals surface area contributed by atoms with Gasteiger partial charge in [-0.1, -0.05) is 33.8 Å². The standard InChI is InChI=1S/C19H25BrN2O3/c1-12(2)13-5-6-17(16(20)7-13)25-11-18(24)22-21-14-8-15(23)10-19(3,4)9-14/h5-7,12H,8-11H2,1-4H3,(H,22,24). The first-order valence-electron chi connectivity index (χ1n) is 8.44. The van der Waals surface area contributed by atoms with Crippen molar-refractivity contribution >= 4 is 33.3 Å². The van der Waals surface area contributed by atoms with Gasteiger partial charge in [-0.15, -0.1) is 0 Å². The molecule has 5 nitrogen and oxygen atoms in total. The van der Waals surface area contributed by atoms with E-state index in [4.69, 9.17) is 4.74 Å². The van der Waals surface area contributed by atoms with Crippen LogP contribution in [0.5, 0.6) is 5.75 Å². The summed E-state index contributed by atoms with van der Waals surface area (Å²) in [5, 5.41) is 4.11. The van der Waals surface area contributed by atoms with Crippen LogP contribution in [0.4, 0.5) is 0 Å². The lowest BCUT2D eigenvalue weighted by Gasteiger charge is -2.28. The van der Waals surface area contributed by atoms with E-state index in [1.807, 2.05) is 32.0 Å². The maximum Gasteiger partial charge on any atom is 0.277 e. The van der Waals surface area contributed by atoms with Crippen molar-refractivity contribution in [1.29, 1.82) is 0 Å². The monoisotopic (exact) mass is 408 g/mol. The molecule has 0 aliphatic heterocycles. The Bertz CT molecular complexity index is 696. The van der Waals surface area contributed by atoms with E-state index in [0.717, 1.165) is 10.2 Å². The largest absolute Gasteiger partial charge is 0.483 e. The van der Waals surface area contributed by atoms with Crippen molar-refractivity contribution in [3.8, 4) is 5.75 Å². The van der Waals surface area contributed by atoms with Crippen LogP contribution in [0.1, 0.15) is 58.4 Å². The molecule has 1 aliphatic rings. The third-order valence-corrected chi connectivity index (χ3v) is 4.70. The minimum absolute atomic E-state index is 0.0988. The lowest BCUT2D eigenvalue weighted by Crippen LogP contribution is -2.32. The molecule has 1 N–H and O–H groups in total. The summed E-state index contributed by atoms with van der Waals surface area (Å²) in [7, 11) is 0. The Morgan fingerprint density at radius 3 is 2.68 bits per heavy atom. The molecule has 0 atom stereocenters. The number of Topliss-reactive ketones (excluding diaryl/α,β-unsaturated/α-hetero) is 1.